The van der Waals surface area contributed by atoms with Crippen LogP contribution in [0, 0.1) is 0 Å². The van der Waals surface area contributed by atoms with E-state index in [0.717, 1.165) is 29.7 Å². The number of nitrogens with two attached hydrogens (primary N) is 1. The largest absolute Gasteiger partial charge is 0.484 e. The van der Waals surface area contributed by atoms with Crippen LogP contribution >= 0.6 is 23.6 Å². The average molecular weight is 432 g/mol. The van der Waals surface area contributed by atoms with Crippen molar-refractivity contribution in [3.8, 4) is 5.75 Å². The number of aryl methyl sites for hydroxylation is 1. The number of hydrogen-bond acceptors (Lipinski definition) is 5. The van der Waals surface area contributed by atoms with Crippen molar-refractivity contribution in [2.45, 2.75) is 45.4 Å². The van der Waals surface area contributed by atoms with E-state index in [1.165, 1.54) is 16.9 Å². The molecule has 0 aliphatic heterocycles. The lowest BCUT2D eigenvalue weighted by Gasteiger charge is -2.19. The predicted molar refractivity (Wildman–Crippen MR) is 120 cm³/mol. The molecule has 4 N–H and O–H groups in total. The summed E-state index contributed by atoms with van der Waals surface area (Å²) in [6.45, 7) is 6.24. The van der Waals surface area contributed by atoms with Crippen LogP contribution in [0.15, 0.2) is 24.3 Å². The van der Waals surface area contributed by atoms with Crippen molar-refractivity contribution in [2.24, 2.45) is 5.73 Å². The maximum absolute atomic E-state index is 12.1. The molecule has 6 nitrogen and oxygen atoms in total. The fourth-order valence-corrected chi connectivity index (χ4v) is 4.83. The quantitative estimate of drug-likeness (QED) is 0.630. The number of ether oxygens (including phenoxy) is 1. The van der Waals surface area contributed by atoms with Crippen molar-refractivity contribution in [1.82, 2.24) is 5.32 Å². The minimum absolute atomic E-state index is 0.0551. The normalized spacial score (nSPS) is 12.9. The van der Waals surface area contributed by atoms with E-state index in [-0.39, 0.29) is 23.0 Å². The van der Waals surface area contributed by atoms with Crippen molar-refractivity contribution in [3.63, 3.8) is 0 Å². The van der Waals surface area contributed by atoms with Crippen LogP contribution in [-0.2, 0) is 23.1 Å². The molecule has 0 saturated carbocycles. The number of benzene rings is 1. The molecule has 0 radical (unpaired) electrons. The second-order valence-electron chi connectivity index (χ2n) is 7.99. The van der Waals surface area contributed by atoms with Gasteiger partial charge in [-0.3, -0.25) is 14.9 Å². The monoisotopic (exact) mass is 431 g/mol. The minimum atomic E-state index is -0.483. The number of rotatable bonds is 5. The molecule has 2 amide bonds. The van der Waals surface area contributed by atoms with Gasteiger partial charge in [0.1, 0.15) is 10.8 Å². The summed E-state index contributed by atoms with van der Waals surface area (Å²) in [5.74, 6) is -0.257. The number of fused-ring (bicyclic) bond motifs is 1. The number of amides is 2. The molecule has 0 bridgehead atoms. The van der Waals surface area contributed by atoms with Crippen molar-refractivity contribution in [3.05, 3.63) is 45.8 Å². The highest BCUT2D eigenvalue weighted by atomic mass is 32.1. The number of thiocarbonyl (C=S) groups is 1. The number of primary amides is 1. The number of anilines is 1. The van der Waals surface area contributed by atoms with Gasteiger partial charge in [0.2, 0.25) is 0 Å². The Balaban J connectivity index is 1.54. The average Bonchev–Trinajstić information content (AvgIpc) is 3.19. The molecule has 1 aliphatic carbocycles. The van der Waals surface area contributed by atoms with Crippen LogP contribution in [0.4, 0.5) is 5.00 Å². The van der Waals surface area contributed by atoms with Gasteiger partial charge in [-0.15, -0.1) is 11.3 Å². The predicted octanol–water partition coefficient (Wildman–Crippen LogP) is 3.53. The second kappa shape index (κ2) is 8.51. The Morgan fingerprint density at radius 2 is 1.90 bits per heavy atom. The number of thiophene rings is 1. The first-order valence-corrected chi connectivity index (χ1v) is 10.7. The summed E-state index contributed by atoms with van der Waals surface area (Å²) < 4.78 is 5.53. The molecule has 1 heterocycles. The summed E-state index contributed by atoms with van der Waals surface area (Å²) >= 11 is 6.67. The Morgan fingerprint density at radius 3 is 2.52 bits per heavy atom. The molecule has 0 atom stereocenters. The van der Waals surface area contributed by atoms with E-state index in [1.54, 1.807) is 0 Å². The van der Waals surface area contributed by atoms with E-state index in [9.17, 15) is 9.59 Å². The lowest BCUT2D eigenvalue weighted by Crippen LogP contribution is -2.37. The summed E-state index contributed by atoms with van der Waals surface area (Å²) in [6, 6.07) is 7.66. The zero-order valence-corrected chi connectivity index (χ0v) is 18.4. The van der Waals surface area contributed by atoms with Crippen LogP contribution < -0.4 is 21.1 Å². The molecule has 29 heavy (non-hydrogen) atoms. The van der Waals surface area contributed by atoms with Crippen LogP contribution in [0.5, 0.6) is 5.75 Å². The lowest BCUT2D eigenvalue weighted by molar-refractivity contribution is -0.121. The van der Waals surface area contributed by atoms with E-state index in [0.29, 0.717) is 16.3 Å². The number of carbonyl (C=O) groups excluding carboxylic acids is 2. The van der Waals surface area contributed by atoms with Crippen molar-refractivity contribution >= 4 is 45.5 Å². The van der Waals surface area contributed by atoms with E-state index in [2.05, 4.69) is 31.4 Å². The summed E-state index contributed by atoms with van der Waals surface area (Å²) in [7, 11) is 0. The first-order valence-electron chi connectivity index (χ1n) is 9.43. The smallest absolute Gasteiger partial charge is 0.264 e. The Bertz CT molecular complexity index is 943. The van der Waals surface area contributed by atoms with Gasteiger partial charge in [-0.1, -0.05) is 32.9 Å². The van der Waals surface area contributed by atoms with Crippen LogP contribution in [0.2, 0.25) is 0 Å². The van der Waals surface area contributed by atoms with Gasteiger partial charge in [0.05, 0.1) is 5.56 Å². The molecular formula is C21H25N3O3S2. The third-order valence-corrected chi connectivity index (χ3v) is 6.15. The Kier molecular flexibility index (Phi) is 6.24. The standard InChI is InChI=1S/C21H25N3O3S2/c1-21(2,3)12-7-9-13(10-8-12)27-11-16(25)23-20(28)24-19-17(18(22)26)14-5-4-6-15(14)29-19/h7-10H,4-6,11H2,1-3H3,(H2,22,26)(H2,23,24,25,28). The molecule has 0 spiro atoms. The Hall–Kier alpha value is -2.45. The highest BCUT2D eigenvalue weighted by Gasteiger charge is 2.25. The molecule has 8 heteroatoms. The van der Waals surface area contributed by atoms with Crippen LogP contribution in [0.3, 0.4) is 0 Å². The molecule has 1 aromatic heterocycles. The minimum Gasteiger partial charge on any atom is -0.484 e. The van der Waals surface area contributed by atoms with E-state index >= 15 is 0 Å². The first kappa shape index (κ1) is 21.3. The fraction of sp³-hybridized carbons (Fsp3) is 0.381. The molecule has 1 aromatic carbocycles. The van der Waals surface area contributed by atoms with Gasteiger partial charge >= 0.3 is 0 Å². The van der Waals surface area contributed by atoms with Crippen molar-refractivity contribution in [2.75, 3.05) is 11.9 Å². The molecule has 0 saturated heterocycles. The highest BCUT2D eigenvalue weighted by molar-refractivity contribution is 7.80. The first-order chi connectivity index (χ1) is 13.6. The molecule has 3 rings (SSSR count). The van der Waals surface area contributed by atoms with Crippen LogP contribution in [-0.4, -0.2) is 23.5 Å². The maximum atomic E-state index is 12.1. The number of hydrogen-bond donors (Lipinski definition) is 3. The van der Waals surface area contributed by atoms with Gasteiger partial charge in [-0.25, -0.2) is 0 Å². The van der Waals surface area contributed by atoms with Gasteiger partial charge in [0.25, 0.3) is 11.8 Å². The molecule has 154 valence electrons. The van der Waals surface area contributed by atoms with Gasteiger partial charge in [-0.05, 0) is 60.2 Å². The van der Waals surface area contributed by atoms with E-state index in [1.807, 2.05) is 24.3 Å². The summed E-state index contributed by atoms with van der Waals surface area (Å²) in [5.41, 5.74) is 8.26. The van der Waals surface area contributed by atoms with Crippen molar-refractivity contribution in [1.29, 1.82) is 0 Å². The van der Waals surface area contributed by atoms with Gasteiger partial charge in [0.15, 0.2) is 11.7 Å². The van der Waals surface area contributed by atoms with Gasteiger partial charge in [0, 0.05) is 4.88 Å². The number of nitrogens with one attached hydrogen (secondary N) is 2. The summed E-state index contributed by atoms with van der Waals surface area (Å²) in [4.78, 5) is 25.1. The molecule has 0 unspecified atom stereocenters. The van der Waals surface area contributed by atoms with E-state index in [4.69, 9.17) is 22.7 Å². The topological polar surface area (TPSA) is 93.4 Å². The zero-order chi connectivity index (χ0) is 21.2. The zero-order valence-electron chi connectivity index (χ0n) is 16.8. The molecule has 1 aliphatic rings. The number of carbonyl (C=O) groups is 2. The van der Waals surface area contributed by atoms with Crippen LogP contribution in [0.25, 0.3) is 0 Å². The summed E-state index contributed by atoms with van der Waals surface area (Å²) in [6.07, 6.45) is 2.80. The van der Waals surface area contributed by atoms with Gasteiger partial charge < -0.3 is 15.8 Å². The fourth-order valence-electron chi connectivity index (χ4n) is 3.25. The van der Waals surface area contributed by atoms with Gasteiger partial charge in [-0.2, -0.15) is 0 Å². The third-order valence-electron chi connectivity index (χ3n) is 4.74. The second-order valence-corrected chi connectivity index (χ2v) is 9.50. The van der Waals surface area contributed by atoms with Crippen LogP contribution in [0.1, 0.15) is 53.6 Å². The Morgan fingerprint density at radius 1 is 1.21 bits per heavy atom. The highest BCUT2D eigenvalue weighted by Crippen LogP contribution is 2.38. The third kappa shape index (κ3) is 5.13. The molecule has 0 fully saturated rings. The molecular weight excluding hydrogens is 406 g/mol. The summed E-state index contributed by atoms with van der Waals surface area (Å²) in [5, 5.41) is 6.22. The Labute approximate surface area is 179 Å². The SMILES string of the molecule is CC(C)(C)c1ccc(OCC(=O)NC(=S)Nc2sc3c(c2C(N)=O)CCC3)cc1. The van der Waals surface area contributed by atoms with E-state index < -0.39 is 5.91 Å². The molecule has 2 aromatic rings. The maximum Gasteiger partial charge on any atom is 0.264 e. The van der Waals surface area contributed by atoms with Crippen molar-refractivity contribution < 1.29 is 14.3 Å². The lowest BCUT2D eigenvalue weighted by atomic mass is 9.87.